The van der Waals surface area contributed by atoms with Crippen LogP contribution in [0.2, 0.25) is 0 Å². The number of rotatable bonds is 8. The fourth-order valence-corrected chi connectivity index (χ4v) is 4.11. The van der Waals surface area contributed by atoms with Crippen LogP contribution in [-0.4, -0.2) is 81.1 Å². The Balaban J connectivity index is 1.48. The summed E-state index contributed by atoms with van der Waals surface area (Å²) in [5.41, 5.74) is -1.87. The number of hydrogen-bond acceptors (Lipinski definition) is 11. The number of aliphatic hydroxyl groups excluding tert-OH is 3. The number of allylic oxidation sites excluding steroid dienone is 1. The molecule has 0 bridgehead atoms. The third-order valence-electron chi connectivity index (χ3n) is 6.28. The van der Waals surface area contributed by atoms with Crippen molar-refractivity contribution in [1.29, 1.82) is 0 Å². The number of ether oxygens (including phenoxy) is 4. The molecule has 2 aliphatic rings. The summed E-state index contributed by atoms with van der Waals surface area (Å²) in [5.74, 6) is -2.51. The van der Waals surface area contributed by atoms with Crippen LogP contribution in [0.1, 0.15) is 28.8 Å². The Morgan fingerprint density at radius 3 is 2.45 bits per heavy atom. The van der Waals surface area contributed by atoms with Gasteiger partial charge in [0, 0.05) is 12.0 Å². The lowest BCUT2D eigenvalue weighted by molar-refractivity contribution is -0.277. The molecule has 4 N–H and O–H groups in total. The van der Waals surface area contributed by atoms with Crippen molar-refractivity contribution in [1.82, 2.24) is 0 Å². The van der Waals surface area contributed by atoms with E-state index in [1.807, 2.05) is 0 Å². The van der Waals surface area contributed by atoms with Gasteiger partial charge in [-0.05, 0) is 30.7 Å². The fourth-order valence-electron chi connectivity index (χ4n) is 4.11. The highest BCUT2D eigenvalue weighted by Gasteiger charge is 2.48. The summed E-state index contributed by atoms with van der Waals surface area (Å²) < 4.78 is 21.9. The number of hydrogen-bond donors (Lipinski definition) is 4. The first-order chi connectivity index (χ1) is 18.2. The zero-order valence-electron chi connectivity index (χ0n) is 20.2. The minimum Gasteiger partial charge on any atom is -0.462 e. The molecule has 2 aromatic carbocycles. The number of carbonyl (C=O) groups excluding carboxylic acids is 3. The van der Waals surface area contributed by atoms with Gasteiger partial charge in [-0.3, -0.25) is 4.79 Å². The van der Waals surface area contributed by atoms with Gasteiger partial charge in [-0.2, -0.15) is 0 Å². The molecule has 11 heteroatoms. The van der Waals surface area contributed by atoms with Crippen LogP contribution in [-0.2, 0) is 30.4 Å². The summed E-state index contributed by atoms with van der Waals surface area (Å²) in [6.45, 7) is -1.05. The Morgan fingerprint density at radius 2 is 1.74 bits per heavy atom. The van der Waals surface area contributed by atoms with Gasteiger partial charge in [0.2, 0.25) is 11.9 Å². The highest BCUT2D eigenvalue weighted by molar-refractivity contribution is 6.09. The zero-order chi connectivity index (χ0) is 27.3. The van der Waals surface area contributed by atoms with Crippen molar-refractivity contribution in [3.05, 3.63) is 77.9 Å². The van der Waals surface area contributed by atoms with Crippen LogP contribution in [0.4, 0.5) is 0 Å². The summed E-state index contributed by atoms with van der Waals surface area (Å²) in [4.78, 5) is 37.1. The van der Waals surface area contributed by atoms with E-state index in [1.165, 1.54) is 24.3 Å². The number of benzene rings is 2. The summed E-state index contributed by atoms with van der Waals surface area (Å²) >= 11 is 0. The Kier molecular flexibility index (Phi) is 8.55. The molecule has 11 nitrogen and oxygen atoms in total. The monoisotopic (exact) mass is 528 g/mol. The van der Waals surface area contributed by atoms with Gasteiger partial charge < -0.3 is 39.4 Å². The van der Waals surface area contributed by atoms with E-state index < -0.39 is 60.6 Å². The van der Waals surface area contributed by atoms with Crippen LogP contribution in [0.25, 0.3) is 0 Å². The van der Waals surface area contributed by atoms with Crippen LogP contribution in [0.15, 0.2) is 66.7 Å². The van der Waals surface area contributed by atoms with Gasteiger partial charge in [-0.25, -0.2) is 9.59 Å². The summed E-state index contributed by atoms with van der Waals surface area (Å²) in [7, 11) is 0. The van der Waals surface area contributed by atoms with Crippen LogP contribution < -0.4 is 4.74 Å². The predicted octanol–water partition coefficient (Wildman–Crippen LogP) is 0.423. The third kappa shape index (κ3) is 5.77. The molecule has 6 atom stereocenters. The first kappa shape index (κ1) is 27.4. The zero-order valence-corrected chi connectivity index (χ0v) is 20.2. The Morgan fingerprint density at radius 1 is 1.03 bits per heavy atom. The van der Waals surface area contributed by atoms with Gasteiger partial charge in [0.25, 0.3) is 0 Å². The molecule has 0 amide bonds. The minimum absolute atomic E-state index is 0.00654. The highest BCUT2D eigenvalue weighted by atomic mass is 16.7. The number of Topliss-reactive ketones (excluding diaryl/α,β-unsaturated/α-hetero) is 1. The second-order valence-electron chi connectivity index (χ2n) is 8.87. The smallest absolute Gasteiger partial charge is 0.350 e. The van der Waals surface area contributed by atoms with Gasteiger partial charge >= 0.3 is 11.9 Å². The van der Waals surface area contributed by atoms with E-state index in [9.17, 15) is 34.8 Å². The van der Waals surface area contributed by atoms with Gasteiger partial charge in [0.15, 0.2) is 18.0 Å². The molecule has 0 spiro atoms. The molecule has 38 heavy (non-hydrogen) atoms. The van der Waals surface area contributed by atoms with Gasteiger partial charge in [-0.15, -0.1) is 0 Å². The molecule has 1 heterocycles. The quantitative estimate of drug-likeness (QED) is 0.213. The van der Waals surface area contributed by atoms with E-state index >= 15 is 0 Å². The van der Waals surface area contributed by atoms with E-state index in [0.717, 1.165) is 6.08 Å². The molecule has 202 valence electrons. The number of ketones is 1. The maximum atomic E-state index is 12.6. The molecular weight excluding hydrogens is 500 g/mol. The first-order valence-electron chi connectivity index (χ1n) is 12.0. The SMILES string of the molecule is O=C(O[C@@H]1[C@@H](O)[C@H](Oc2ccccc2COC(=O)[C@]2(O)C=CCCC2=O)O[C@H](CO)[C@H]1O)c1ccccc1. The largest absolute Gasteiger partial charge is 0.462 e. The van der Waals surface area contributed by atoms with Crippen LogP contribution in [0, 0.1) is 0 Å². The lowest BCUT2D eigenvalue weighted by atomic mass is 9.90. The fraction of sp³-hybridized carbons (Fsp3) is 0.370. The molecule has 0 saturated carbocycles. The van der Waals surface area contributed by atoms with Crippen molar-refractivity contribution in [3.63, 3.8) is 0 Å². The van der Waals surface area contributed by atoms with Crippen molar-refractivity contribution < 1.29 is 53.8 Å². The lowest BCUT2D eigenvalue weighted by Crippen LogP contribution is -2.61. The van der Waals surface area contributed by atoms with Crippen molar-refractivity contribution in [2.75, 3.05) is 6.61 Å². The number of carbonyl (C=O) groups is 3. The average Bonchev–Trinajstić information content (AvgIpc) is 2.93. The molecule has 2 aromatic rings. The highest BCUT2D eigenvalue weighted by Crippen LogP contribution is 2.29. The third-order valence-corrected chi connectivity index (χ3v) is 6.28. The molecule has 1 fully saturated rings. The first-order valence-corrected chi connectivity index (χ1v) is 12.0. The van der Waals surface area contributed by atoms with E-state index in [1.54, 1.807) is 36.4 Å². The Labute approximate surface area is 217 Å². The van der Waals surface area contributed by atoms with Gasteiger partial charge in [-0.1, -0.05) is 42.5 Å². The number of esters is 2. The maximum Gasteiger partial charge on any atom is 0.350 e. The molecule has 1 saturated heterocycles. The van der Waals surface area contributed by atoms with Gasteiger partial charge in [0.05, 0.1) is 12.2 Å². The summed E-state index contributed by atoms with van der Waals surface area (Å²) in [5, 5.41) is 41.6. The predicted molar refractivity (Wildman–Crippen MR) is 129 cm³/mol. The number of aliphatic hydroxyl groups is 4. The van der Waals surface area contributed by atoms with Crippen molar-refractivity contribution in [2.24, 2.45) is 0 Å². The van der Waals surface area contributed by atoms with E-state index in [0.29, 0.717) is 12.0 Å². The maximum absolute atomic E-state index is 12.6. The molecule has 0 aromatic heterocycles. The minimum atomic E-state index is -2.36. The summed E-state index contributed by atoms with van der Waals surface area (Å²) in [6.07, 6.45) is -4.41. The second kappa shape index (κ2) is 11.8. The van der Waals surface area contributed by atoms with Crippen molar-refractivity contribution in [3.8, 4) is 5.75 Å². The molecule has 1 aliphatic heterocycles. The van der Waals surface area contributed by atoms with Crippen LogP contribution in [0.5, 0.6) is 5.75 Å². The second-order valence-corrected chi connectivity index (χ2v) is 8.87. The molecule has 1 aliphatic carbocycles. The van der Waals surface area contributed by atoms with E-state index in [2.05, 4.69) is 0 Å². The topological polar surface area (TPSA) is 169 Å². The molecule has 4 rings (SSSR count). The van der Waals surface area contributed by atoms with Crippen LogP contribution in [0.3, 0.4) is 0 Å². The van der Waals surface area contributed by atoms with Crippen LogP contribution >= 0.6 is 0 Å². The molecular formula is C27H28O11. The molecule has 0 unspecified atom stereocenters. The van der Waals surface area contributed by atoms with E-state index in [4.69, 9.17) is 18.9 Å². The standard InChI is InChI=1S/C27H28O11/c28-14-19-21(30)23(38-24(32)16-8-2-1-3-9-16)22(31)25(37-19)36-18-11-5-4-10-17(18)15-35-26(33)27(34)13-7-6-12-20(27)29/h1-5,7-11,13,19,21-23,25,28,30-31,34H,6,12,14-15H2/t19-,21-,22-,23+,25-,27+/m1/s1. The Bertz CT molecular complexity index is 1180. The normalized spacial score (nSPS) is 28.9. The van der Waals surface area contributed by atoms with Crippen molar-refractivity contribution >= 4 is 17.7 Å². The van der Waals surface area contributed by atoms with Gasteiger partial charge in [0.1, 0.15) is 24.6 Å². The van der Waals surface area contributed by atoms with E-state index in [-0.39, 0.29) is 24.3 Å². The lowest BCUT2D eigenvalue weighted by Gasteiger charge is -2.41. The summed E-state index contributed by atoms with van der Waals surface area (Å²) in [6, 6.07) is 14.2. The Hall–Kier alpha value is -3.61. The number of para-hydroxylation sites is 1. The molecule has 0 radical (unpaired) electrons. The average molecular weight is 529 g/mol. The van der Waals surface area contributed by atoms with Crippen molar-refractivity contribution in [2.45, 2.75) is 55.8 Å².